The molecule has 1 amide bonds. The zero-order valence-electron chi connectivity index (χ0n) is 21.5. The number of carbonyl (C=O) groups is 2. The number of sulfonamides is 1. The quantitative estimate of drug-likeness (QED) is 0.164. The molecule has 0 saturated heterocycles. The molecular formula is C28H26N2O7S. The number of nitro benzene ring substituents is 1. The number of furan rings is 1. The van der Waals surface area contributed by atoms with Gasteiger partial charge in [0.25, 0.3) is 21.6 Å². The van der Waals surface area contributed by atoms with Gasteiger partial charge in [-0.25, -0.2) is 8.42 Å². The Morgan fingerprint density at radius 2 is 1.55 bits per heavy atom. The molecule has 38 heavy (non-hydrogen) atoms. The van der Waals surface area contributed by atoms with Gasteiger partial charge in [0.1, 0.15) is 11.3 Å². The van der Waals surface area contributed by atoms with E-state index in [-0.39, 0.29) is 38.6 Å². The molecule has 0 aliphatic heterocycles. The van der Waals surface area contributed by atoms with Gasteiger partial charge in [0.15, 0.2) is 5.78 Å². The van der Waals surface area contributed by atoms with Gasteiger partial charge in [-0.1, -0.05) is 32.9 Å². The molecule has 4 rings (SSSR count). The summed E-state index contributed by atoms with van der Waals surface area (Å²) in [6, 6.07) is 15.3. The fourth-order valence-corrected chi connectivity index (χ4v) is 5.62. The molecule has 1 aromatic heterocycles. The van der Waals surface area contributed by atoms with E-state index in [1.807, 2.05) is 20.8 Å². The van der Waals surface area contributed by atoms with E-state index in [1.165, 1.54) is 49.4 Å². The lowest BCUT2D eigenvalue weighted by Gasteiger charge is -2.24. The maximum absolute atomic E-state index is 14.0. The molecular weight excluding hydrogens is 508 g/mol. The first-order valence-electron chi connectivity index (χ1n) is 11.7. The first kappa shape index (κ1) is 26.7. The van der Waals surface area contributed by atoms with Gasteiger partial charge in [0.2, 0.25) is 0 Å². The number of fused-ring (bicyclic) bond motifs is 1. The zero-order valence-corrected chi connectivity index (χ0v) is 22.3. The summed E-state index contributed by atoms with van der Waals surface area (Å²) in [7, 11) is -4.45. The Morgan fingerprint density at radius 1 is 0.947 bits per heavy atom. The highest BCUT2D eigenvalue weighted by Crippen LogP contribution is 2.34. The van der Waals surface area contributed by atoms with E-state index in [0.717, 1.165) is 17.7 Å². The minimum Gasteiger partial charge on any atom is -0.461 e. The molecule has 0 bridgehead atoms. The number of rotatable bonds is 6. The van der Waals surface area contributed by atoms with Crippen LogP contribution in [0.25, 0.3) is 11.0 Å². The zero-order chi connectivity index (χ0) is 28.0. The van der Waals surface area contributed by atoms with Crippen LogP contribution in [0.15, 0.2) is 76.0 Å². The summed E-state index contributed by atoms with van der Waals surface area (Å²) in [6.45, 7) is 8.99. The smallest absolute Gasteiger partial charge is 0.272 e. The number of aryl methyl sites for hydroxylation is 1. The fraction of sp³-hybridized carbons (Fsp3) is 0.214. The molecule has 0 unspecified atom stereocenters. The minimum atomic E-state index is -4.45. The molecule has 10 heteroatoms. The molecule has 1 heterocycles. The number of Topliss-reactive ketones (excluding diaryl/α,β-unsaturated/α-hetero) is 1. The average Bonchev–Trinajstić information content (AvgIpc) is 3.18. The van der Waals surface area contributed by atoms with Gasteiger partial charge in [-0.3, -0.25) is 19.7 Å². The van der Waals surface area contributed by atoms with E-state index >= 15 is 0 Å². The Labute approximate surface area is 219 Å². The van der Waals surface area contributed by atoms with E-state index < -0.39 is 20.9 Å². The molecule has 0 fully saturated rings. The van der Waals surface area contributed by atoms with Crippen LogP contribution in [0.3, 0.4) is 0 Å². The summed E-state index contributed by atoms with van der Waals surface area (Å²) >= 11 is 0. The molecule has 0 aliphatic rings. The number of ketones is 1. The van der Waals surface area contributed by atoms with Gasteiger partial charge in [-0.15, -0.1) is 0 Å². The number of nitro groups is 1. The van der Waals surface area contributed by atoms with E-state index in [4.69, 9.17) is 4.42 Å². The first-order valence-corrected chi connectivity index (χ1v) is 13.1. The van der Waals surface area contributed by atoms with Crippen molar-refractivity contribution in [1.82, 2.24) is 0 Å². The molecule has 0 atom stereocenters. The summed E-state index contributed by atoms with van der Waals surface area (Å²) in [5.41, 5.74) is 1.03. The summed E-state index contributed by atoms with van der Waals surface area (Å²) in [4.78, 5) is 36.3. The van der Waals surface area contributed by atoms with Crippen molar-refractivity contribution < 1.29 is 27.3 Å². The van der Waals surface area contributed by atoms with Crippen LogP contribution in [0.5, 0.6) is 0 Å². The van der Waals surface area contributed by atoms with Crippen LogP contribution < -0.4 is 4.31 Å². The van der Waals surface area contributed by atoms with Crippen molar-refractivity contribution in [3.8, 4) is 0 Å². The van der Waals surface area contributed by atoms with Crippen LogP contribution in [0.2, 0.25) is 0 Å². The van der Waals surface area contributed by atoms with Gasteiger partial charge in [-0.2, -0.15) is 4.31 Å². The summed E-state index contributed by atoms with van der Waals surface area (Å²) < 4.78 is 34.2. The third-order valence-electron chi connectivity index (χ3n) is 6.20. The van der Waals surface area contributed by atoms with Crippen LogP contribution in [-0.4, -0.2) is 25.0 Å². The highest BCUT2D eigenvalue weighted by atomic mass is 32.2. The molecule has 0 N–H and O–H groups in total. The van der Waals surface area contributed by atoms with Crippen LogP contribution in [0.4, 0.5) is 11.4 Å². The third-order valence-corrected chi connectivity index (χ3v) is 7.93. The molecule has 3 aromatic carbocycles. The lowest BCUT2D eigenvalue weighted by Crippen LogP contribution is -2.37. The van der Waals surface area contributed by atoms with Gasteiger partial charge in [0.05, 0.1) is 21.1 Å². The number of hydrogen-bond acceptors (Lipinski definition) is 7. The summed E-state index contributed by atoms with van der Waals surface area (Å²) in [5.74, 6) is -0.811. The highest BCUT2D eigenvalue weighted by Gasteiger charge is 2.33. The number of nitrogens with zero attached hydrogens (tertiary/aromatic N) is 2. The van der Waals surface area contributed by atoms with E-state index in [9.17, 15) is 28.1 Å². The van der Waals surface area contributed by atoms with Crippen LogP contribution in [0.1, 0.15) is 59.7 Å². The minimum absolute atomic E-state index is 0.0101. The molecule has 0 saturated carbocycles. The number of anilines is 1. The largest absolute Gasteiger partial charge is 0.461 e. The van der Waals surface area contributed by atoms with Gasteiger partial charge < -0.3 is 4.42 Å². The van der Waals surface area contributed by atoms with Gasteiger partial charge >= 0.3 is 0 Å². The number of carbonyl (C=O) groups excluding carboxylic acids is 2. The number of benzene rings is 3. The van der Waals surface area contributed by atoms with Crippen LogP contribution in [0, 0.1) is 17.0 Å². The topological polar surface area (TPSA) is 128 Å². The SMILES string of the molecule is CC(=O)c1c(C)oc2ccc(N(C(=O)c3ccc([N+](=O)[O-])cc3)S(=O)(=O)c3ccc(C(C)(C)C)cc3)cc12. The Kier molecular flexibility index (Phi) is 6.71. The monoisotopic (exact) mass is 534 g/mol. The second-order valence-electron chi connectivity index (χ2n) is 9.92. The second kappa shape index (κ2) is 9.53. The van der Waals surface area contributed by atoms with Gasteiger partial charge in [-0.05, 0) is 67.3 Å². The summed E-state index contributed by atoms with van der Waals surface area (Å²) in [6.07, 6.45) is 0. The Hall–Kier alpha value is -4.31. The second-order valence-corrected chi connectivity index (χ2v) is 11.7. The lowest BCUT2D eigenvalue weighted by molar-refractivity contribution is -0.384. The van der Waals surface area contributed by atoms with E-state index in [2.05, 4.69) is 0 Å². The lowest BCUT2D eigenvalue weighted by atomic mass is 9.87. The normalized spacial score (nSPS) is 11.9. The Balaban J connectivity index is 1.91. The Bertz CT molecular complexity index is 1680. The maximum Gasteiger partial charge on any atom is 0.272 e. The van der Waals surface area contributed by atoms with Crippen LogP contribution >= 0.6 is 0 Å². The molecule has 0 radical (unpaired) electrons. The summed E-state index contributed by atoms with van der Waals surface area (Å²) in [5, 5.41) is 11.4. The molecule has 0 spiro atoms. The van der Waals surface area contributed by atoms with Gasteiger partial charge in [0, 0.05) is 23.1 Å². The maximum atomic E-state index is 14.0. The van der Waals surface area contributed by atoms with Crippen molar-refractivity contribution in [2.45, 2.75) is 44.9 Å². The van der Waals surface area contributed by atoms with Crippen LogP contribution in [-0.2, 0) is 15.4 Å². The number of hydrogen-bond donors (Lipinski definition) is 0. The van der Waals surface area contributed by atoms with Crippen molar-refractivity contribution >= 4 is 44.1 Å². The highest BCUT2D eigenvalue weighted by molar-refractivity contribution is 7.93. The van der Waals surface area contributed by atoms with E-state index in [0.29, 0.717) is 21.0 Å². The standard InChI is InChI=1S/C28H26N2O7S/c1-17(31)26-18(2)37-25-15-12-22(16-24(25)26)29(27(32)19-6-10-21(11-7-19)30(33)34)38(35,36)23-13-8-20(9-14-23)28(3,4)5/h6-16H,1-5H3. The van der Waals surface area contributed by atoms with Crippen molar-refractivity contribution in [3.05, 3.63) is 99.3 Å². The molecule has 196 valence electrons. The van der Waals surface area contributed by atoms with Crippen molar-refractivity contribution in [2.24, 2.45) is 0 Å². The predicted octanol–water partition coefficient (Wildman–Crippen LogP) is 6.19. The number of amides is 1. The average molecular weight is 535 g/mol. The van der Waals surface area contributed by atoms with Crippen molar-refractivity contribution in [3.63, 3.8) is 0 Å². The molecule has 0 aliphatic carbocycles. The predicted molar refractivity (Wildman–Crippen MR) is 143 cm³/mol. The van der Waals surface area contributed by atoms with Crippen molar-refractivity contribution in [2.75, 3.05) is 4.31 Å². The Morgan fingerprint density at radius 3 is 2.08 bits per heavy atom. The first-order chi connectivity index (χ1) is 17.7. The molecule has 9 nitrogen and oxygen atoms in total. The molecule has 4 aromatic rings. The third kappa shape index (κ3) is 4.82. The van der Waals surface area contributed by atoms with E-state index in [1.54, 1.807) is 19.1 Å². The number of non-ortho nitro benzene ring substituents is 1. The fourth-order valence-electron chi connectivity index (χ4n) is 4.21. The van der Waals surface area contributed by atoms with Crippen molar-refractivity contribution in [1.29, 1.82) is 0 Å².